The molecule has 0 radical (unpaired) electrons. The number of rotatable bonds is 5. The lowest BCUT2D eigenvalue weighted by molar-refractivity contribution is 0.0970. The van der Waals surface area contributed by atoms with Crippen LogP contribution in [0.1, 0.15) is 52.5 Å². The topological polar surface area (TPSA) is 94.8 Å². The van der Waals surface area contributed by atoms with Crippen LogP contribution in [0.2, 0.25) is 0 Å². The molecule has 3 heterocycles. The Morgan fingerprint density at radius 3 is 2.48 bits per heavy atom. The number of anilines is 1. The van der Waals surface area contributed by atoms with Crippen molar-refractivity contribution in [3.8, 4) is 11.5 Å². The molecule has 168 valence electrons. The number of fused-ring (bicyclic) bond motifs is 2. The summed E-state index contributed by atoms with van der Waals surface area (Å²) in [6.45, 7) is 4.02. The van der Waals surface area contributed by atoms with Gasteiger partial charge in [0, 0.05) is 5.92 Å². The monoisotopic (exact) mass is 463 g/mol. The minimum absolute atomic E-state index is 0.0137. The number of methoxy groups -OCH3 is 2. The fourth-order valence-corrected chi connectivity index (χ4v) is 4.89. The van der Waals surface area contributed by atoms with Gasteiger partial charge in [-0.25, -0.2) is 0 Å². The summed E-state index contributed by atoms with van der Waals surface area (Å²) in [7, 11) is 3.09. The number of hydrogen-bond donors (Lipinski definition) is 0. The van der Waals surface area contributed by atoms with Gasteiger partial charge in [-0.1, -0.05) is 43.4 Å². The largest absolute Gasteiger partial charge is 0.493 e. The van der Waals surface area contributed by atoms with Crippen molar-refractivity contribution < 1.29 is 18.7 Å². The van der Waals surface area contributed by atoms with Gasteiger partial charge >= 0.3 is 0 Å². The Morgan fingerprint density at radius 2 is 1.79 bits per heavy atom. The van der Waals surface area contributed by atoms with Crippen LogP contribution in [0, 0.1) is 0 Å². The van der Waals surface area contributed by atoms with Gasteiger partial charge in [-0.05, 0) is 29.8 Å². The third-order valence-electron chi connectivity index (χ3n) is 5.63. The molecule has 1 aliphatic rings. The number of hydrogen-bond acceptors (Lipinski definition) is 8. The Bertz CT molecular complexity index is 1440. The van der Waals surface area contributed by atoms with Crippen LogP contribution < -0.4 is 19.8 Å². The molecule has 0 N–H and O–H groups in total. The molecule has 0 saturated heterocycles. The molecule has 0 saturated carbocycles. The van der Waals surface area contributed by atoms with E-state index in [1.54, 1.807) is 49.6 Å². The average molecular weight is 464 g/mol. The van der Waals surface area contributed by atoms with E-state index in [9.17, 15) is 9.59 Å². The standard InChI is InChI=1S/C24H21N3O5S/c1-12(2)22-25-26-24(33-22)27-19(13-9-10-16(30-3)17(11-13)31-4)18-20(28)14-7-5-6-8-15(14)32-21(18)23(27)29/h5-12,19H,1-4H3/t19-/m0/s1. The zero-order valence-corrected chi connectivity index (χ0v) is 19.3. The third-order valence-corrected chi connectivity index (χ3v) is 6.85. The van der Waals surface area contributed by atoms with Gasteiger partial charge in [0.25, 0.3) is 5.91 Å². The fourth-order valence-electron chi connectivity index (χ4n) is 4.01. The van der Waals surface area contributed by atoms with Crippen molar-refractivity contribution in [1.82, 2.24) is 10.2 Å². The highest BCUT2D eigenvalue weighted by atomic mass is 32.1. The van der Waals surface area contributed by atoms with Gasteiger partial charge in [-0.15, -0.1) is 10.2 Å². The maximum atomic E-state index is 13.6. The van der Waals surface area contributed by atoms with Gasteiger partial charge in [-0.2, -0.15) is 0 Å². The molecule has 5 rings (SSSR count). The van der Waals surface area contributed by atoms with E-state index in [0.29, 0.717) is 33.2 Å². The molecular formula is C24H21N3O5S. The van der Waals surface area contributed by atoms with Crippen LogP contribution >= 0.6 is 11.3 Å². The van der Waals surface area contributed by atoms with E-state index >= 15 is 0 Å². The van der Waals surface area contributed by atoms with Crippen LogP contribution in [-0.4, -0.2) is 30.3 Å². The third kappa shape index (κ3) is 3.27. The van der Waals surface area contributed by atoms with Gasteiger partial charge in [-0.3, -0.25) is 14.5 Å². The van der Waals surface area contributed by atoms with Gasteiger partial charge in [0.1, 0.15) is 10.6 Å². The molecule has 0 fully saturated rings. The molecule has 2 aromatic heterocycles. The molecule has 0 unspecified atom stereocenters. The Labute approximate surface area is 193 Å². The van der Waals surface area contributed by atoms with Crippen molar-refractivity contribution >= 4 is 33.3 Å². The molecule has 1 amide bonds. The lowest BCUT2D eigenvalue weighted by Crippen LogP contribution is -2.29. The summed E-state index contributed by atoms with van der Waals surface area (Å²) in [4.78, 5) is 28.7. The van der Waals surface area contributed by atoms with Gasteiger partial charge in [0.15, 0.2) is 16.9 Å². The first-order chi connectivity index (χ1) is 15.9. The van der Waals surface area contributed by atoms with Gasteiger partial charge in [0.2, 0.25) is 10.9 Å². The van der Waals surface area contributed by atoms with E-state index in [-0.39, 0.29) is 22.7 Å². The molecule has 9 heteroatoms. The zero-order chi connectivity index (χ0) is 23.3. The van der Waals surface area contributed by atoms with Crippen molar-refractivity contribution in [2.75, 3.05) is 19.1 Å². The molecule has 0 aliphatic carbocycles. The molecule has 0 spiro atoms. The number of para-hydroxylation sites is 1. The average Bonchev–Trinajstić information content (AvgIpc) is 3.42. The summed E-state index contributed by atoms with van der Waals surface area (Å²) in [5.74, 6) is 0.763. The van der Waals surface area contributed by atoms with E-state index in [2.05, 4.69) is 10.2 Å². The SMILES string of the molecule is COc1ccc([C@H]2c3c(oc4ccccc4c3=O)C(=O)N2c2nnc(C(C)C)s2)cc1OC. The Morgan fingerprint density at radius 1 is 1.03 bits per heavy atom. The first kappa shape index (κ1) is 21.1. The van der Waals surface area contributed by atoms with E-state index in [1.807, 2.05) is 13.8 Å². The number of carbonyl (C=O) groups is 1. The quantitative estimate of drug-likeness (QED) is 0.429. The maximum absolute atomic E-state index is 13.6. The first-order valence-corrected chi connectivity index (χ1v) is 11.2. The molecule has 1 aliphatic heterocycles. The Kier molecular flexibility index (Phi) is 5.13. The minimum atomic E-state index is -0.749. The predicted octanol–water partition coefficient (Wildman–Crippen LogP) is 4.53. The minimum Gasteiger partial charge on any atom is -0.493 e. The summed E-state index contributed by atoms with van der Waals surface area (Å²) in [6, 6.07) is 11.5. The van der Waals surface area contributed by atoms with Crippen molar-refractivity contribution in [3.63, 3.8) is 0 Å². The van der Waals surface area contributed by atoms with Crippen molar-refractivity contribution in [3.05, 3.63) is 74.6 Å². The molecule has 33 heavy (non-hydrogen) atoms. The second-order valence-corrected chi connectivity index (χ2v) is 8.93. The molecule has 4 aromatic rings. The number of aromatic nitrogens is 2. The molecule has 0 bridgehead atoms. The first-order valence-electron chi connectivity index (χ1n) is 10.4. The van der Waals surface area contributed by atoms with Gasteiger partial charge in [0.05, 0.1) is 31.2 Å². The molecule has 8 nitrogen and oxygen atoms in total. The fraction of sp³-hybridized carbons (Fsp3) is 0.250. The Hall–Kier alpha value is -3.72. The van der Waals surface area contributed by atoms with Crippen LogP contribution in [0.5, 0.6) is 11.5 Å². The van der Waals surface area contributed by atoms with E-state index in [1.165, 1.54) is 23.3 Å². The number of benzene rings is 2. The summed E-state index contributed by atoms with van der Waals surface area (Å²) in [6.07, 6.45) is 0. The van der Waals surface area contributed by atoms with Crippen LogP contribution in [0.3, 0.4) is 0 Å². The van der Waals surface area contributed by atoms with Crippen LogP contribution in [0.4, 0.5) is 5.13 Å². The van der Waals surface area contributed by atoms with Crippen LogP contribution in [0.15, 0.2) is 51.7 Å². The number of ether oxygens (including phenoxy) is 2. The summed E-state index contributed by atoms with van der Waals surface area (Å²) in [5, 5.41) is 10.1. The second kappa shape index (κ2) is 8.00. The maximum Gasteiger partial charge on any atom is 0.297 e. The van der Waals surface area contributed by atoms with Crippen molar-refractivity contribution in [2.45, 2.75) is 25.8 Å². The predicted molar refractivity (Wildman–Crippen MR) is 125 cm³/mol. The number of carbonyl (C=O) groups excluding carboxylic acids is 1. The summed E-state index contributed by atoms with van der Waals surface area (Å²) < 4.78 is 16.8. The van der Waals surface area contributed by atoms with Crippen molar-refractivity contribution in [1.29, 1.82) is 0 Å². The van der Waals surface area contributed by atoms with Crippen LogP contribution in [-0.2, 0) is 0 Å². The second-order valence-electron chi connectivity index (χ2n) is 7.94. The van der Waals surface area contributed by atoms with Crippen LogP contribution in [0.25, 0.3) is 11.0 Å². The molecule has 1 atom stereocenters. The molecule has 2 aromatic carbocycles. The molecular weight excluding hydrogens is 442 g/mol. The van der Waals surface area contributed by atoms with E-state index < -0.39 is 11.9 Å². The van der Waals surface area contributed by atoms with Crippen molar-refractivity contribution in [2.24, 2.45) is 0 Å². The number of amides is 1. The normalized spacial score (nSPS) is 15.4. The zero-order valence-electron chi connectivity index (χ0n) is 18.5. The summed E-state index contributed by atoms with van der Waals surface area (Å²) >= 11 is 1.32. The van der Waals surface area contributed by atoms with E-state index in [0.717, 1.165) is 5.01 Å². The summed E-state index contributed by atoms with van der Waals surface area (Å²) in [5.41, 5.74) is 1.05. The van der Waals surface area contributed by atoms with Gasteiger partial charge < -0.3 is 13.9 Å². The highest BCUT2D eigenvalue weighted by Gasteiger charge is 2.45. The lowest BCUT2D eigenvalue weighted by Gasteiger charge is -2.23. The number of nitrogens with zero attached hydrogens (tertiary/aromatic N) is 3. The highest BCUT2D eigenvalue weighted by molar-refractivity contribution is 7.15. The van der Waals surface area contributed by atoms with E-state index in [4.69, 9.17) is 13.9 Å². The highest BCUT2D eigenvalue weighted by Crippen LogP contribution is 2.44. The lowest BCUT2D eigenvalue weighted by atomic mass is 9.98. The Balaban J connectivity index is 1.78. The smallest absolute Gasteiger partial charge is 0.297 e.